The molecule has 30 heavy (non-hydrogen) atoms. The smallest absolute Gasteiger partial charge is 0.455 e. The van der Waals surface area contributed by atoms with E-state index in [1.165, 1.54) is 0 Å². The first-order valence-electron chi connectivity index (χ1n) is 9.19. The van der Waals surface area contributed by atoms with Gasteiger partial charge in [-0.05, 0) is 6.07 Å². The van der Waals surface area contributed by atoms with Crippen molar-refractivity contribution >= 4 is 5.65 Å². The Bertz CT molecular complexity index is 1250. The lowest BCUT2D eigenvalue weighted by Gasteiger charge is -2.19. The molecule has 0 aromatic carbocycles. The lowest BCUT2D eigenvalue weighted by molar-refractivity contribution is -0.287. The number of rotatable bonds is 4. The average Bonchev–Trinajstić information content (AvgIpc) is 3.05. The van der Waals surface area contributed by atoms with Gasteiger partial charge in [-0.1, -0.05) is 0 Å². The molecular weight excluding hydrogens is 432 g/mol. The minimum Gasteiger partial charge on any atom is -0.497 e. The molecule has 0 spiro atoms. The highest BCUT2D eigenvalue weighted by Gasteiger charge is 2.57. The fraction of sp³-hybridized carbons (Fsp3) is 0.312. The third kappa shape index (κ3) is 3.80. The van der Waals surface area contributed by atoms with Gasteiger partial charge in [0.25, 0.3) is 5.56 Å². The monoisotopic (exact) mass is 445 g/mol. The van der Waals surface area contributed by atoms with Crippen molar-refractivity contribution in [2.45, 2.75) is 24.8 Å². The average molecular weight is 445 g/mol. The molecule has 0 radical (unpaired) electrons. The summed E-state index contributed by atoms with van der Waals surface area (Å²) in [6, 6.07) is 1.70. The van der Waals surface area contributed by atoms with Gasteiger partial charge in [-0.15, -0.1) is 0 Å². The summed E-state index contributed by atoms with van der Waals surface area (Å²) in [6.45, 7) is -2.03. The van der Waals surface area contributed by atoms with E-state index in [4.69, 9.17) is 4.11 Å². The molecule has 6 nitrogen and oxygen atoms in total. The van der Waals surface area contributed by atoms with Crippen molar-refractivity contribution in [2.24, 2.45) is 0 Å². The van der Waals surface area contributed by atoms with Crippen LogP contribution in [0, 0.1) is 0 Å². The standard InChI is InChI=1S/C16H10F8N4O2/c1-30-9-2-3-28-10(4-9)26-12(15(19,20)21)11(13(28)29)8-5-25-27(6-8)7-14(17,18)16(22,23)24/h2-6H,7H2,1H3/i1D3. The highest BCUT2D eigenvalue weighted by atomic mass is 19.4. The van der Waals surface area contributed by atoms with Gasteiger partial charge in [0.2, 0.25) is 0 Å². The maximum atomic E-state index is 13.6. The first kappa shape index (κ1) is 17.7. The molecule has 0 aliphatic heterocycles. The van der Waals surface area contributed by atoms with Crippen molar-refractivity contribution in [1.29, 1.82) is 0 Å². The Morgan fingerprint density at radius 3 is 2.47 bits per heavy atom. The van der Waals surface area contributed by atoms with Gasteiger partial charge in [0, 0.05) is 24.0 Å². The molecule has 3 aromatic rings. The van der Waals surface area contributed by atoms with Crippen molar-refractivity contribution in [3.63, 3.8) is 0 Å². The fourth-order valence-electron chi connectivity index (χ4n) is 2.52. The Kier molecular flexibility index (Phi) is 4.09. The van der Waals surface area contributed by atoms with Crippen LogP contribution in [0.25, 0.3) is 16.8 Å². The molecular formula is C16H10F8N4O2. The Labute approximate surface area is 165 Å². The predicted molar refractivity (Wildman–Crippen MR) is 85.2 cm³/mol. The van der Waals surface area contributed by atoms with Gasteiger partial charge >= 0.3 is 18.3 Å². The molecule has 3 rings (SSSR count). The summed E-state index contributed by atoms with van der Waals surface area (Å²) in [6.07, 6.45) is -9.40. The van der Waals surface area contributed by atoms with Crippen LogP contribution in [0.15, 0.2) is 35.5 Å². The van der Waals surface area contributed by atoms with Crippen LogP contribution in [0.5, 0.6) is 5.75 Å². The van der Waals surface area contributed by atoms with Crippen molar-refractivity contribution in [3.8, 4) is 16.9 Å². The van der Waals surface area contributed by atoms with Crippen LogP contribution in [0.4, 0.5) is 35.1 Å². The molecule has 0 unspecified atom stereocenters. The maximum Gasteiger partial charge on any atom is 0.455 e. The lowest BCUT2D eigenvalue weighted by Crippen LogP contribution is -2.40. The zero-order valence-corrected chi connectivity index (χ0v) is 14.2. The van der Waals surface area contributed by atoms with Gasteiger partial charge in [0.15, 0.2) is 5.69 Å². The molecule has 0 aliphatic carbocycles. The van der Waals surface area contributed by atoms with Gasteiger partial charge in [-0.25, -0.2) is 4.98 Å². The van der Waals surface area contributed by atoms with Crippen molar-refractivity contribution in [3.05, 3.63) is 46.8 Å². The van der Waals surface area contributed by atoms with E-state index in [9.17, 15) is 39.9 Å². The SMILES string of the molecule is [2H]C([2H])([2H])Oc1ccn2c(=O)c(-c3cnn(CC(F)(F)C(F)(F)F)c3)c(C(F)(F)F)nc2c1. The Morgan fingerprint density at radius 1 is 1.17 bits per heavy atom. The van der Waals surface area contributed by atoms with E-state index in [1.54, 1.807) is 0 Å². The molecule has 0 aliphatic rings. The minimum atomic E-state index is -5.94. The van der Waals surface area contributed by atoms with E-state index in [-0.39, 0.29) is 4.68 Å². The van der Waals surface area contributed by atoms with Gasteiger partial charge in [0.05, 0.1) is 22.9 Å². The Hall–Kier alpha value is -3.19. The van der Waals surface area contributed by atoms with Crippen LogP contribution in [-0.2, 0) is 12.7 Å². The molecule has 0 atom stereocenters. The second-order valence-electron chi connectivity index (χ2n) is 5.96. The van der Waals surface area contributed by atoms with Gasteiger partial charge in [-0.2, -0.15) is 40.2 Å². The molecule has 0 N–H and O–H groups in total. The van der Waals surface area contributed by atoms with E-state index in [0.29, 0.717) is 16.8 Å². The summed E-state index contributed by atoms with van der Waals surface area (Å²) < 4.78 is 131. The van der Waals surface area contributed by atoms with E-state index in [0.717, 1.165) is 18.3 Å². The first-order valence-corrected chi connectivity index (χ1v) is 7.69. The summed E-state index contributed by atoms with van der Waals surface area (Å²) >= 11 is 0. The maximum absolute atomic E-state index is 13.6. The quantitative estimate of drug-likeness (QED) is 0.574. The highest BCUT2D eigenvalue weighted by molar-refractivity contribution is 5.66. The summed E-state index contributed by atoms with van der Waals surface area (Å²) in [5.74, 6) is -5.66. The van der Waals surface area contributed by atoms with Crippen LogP contribution in [0.1, 0.15) is 9.81 Å². The zero-order valence-electron chi connectivity index (χ0n) is 17.2. The number of methoxy groups -OCH3 is 1. The Morgan fingerprint density at radius 2 is 1.87 bits per heavy atom. The van der Waals surface area contributed by atoms with Gasteiger partial charge < -0.3 is 4.74 Å². The number of hydrogen-bond acceptors (Lipinski definition) is 4. The van der Waals surface area contributed by atoms with Crippen molar-refractivity contribution < 1.29 is 44.0 Å². The van der Waals surface area contributed by atoms with Crippen molar-refractivity contribution in [2.75, 3.05) is 7.04 Å². The molecule has 162 valence electrons. The van der Waals surface area contributed by atoms with Crippen LogP contribution >= 0.6 is 0 Å². The van der Waals surface area contributed by atoms with Crippen molar-refractivity contribution in [1.82, 2.24) is 19.2 Å². The first-order chi connectivity index (χ1) is 14.9. The van der Waals surface area contributed by atoms with Crippen LogP contribution in [0.3, 0.4) is 0 Å². The Balaban J connectivity index is 2.15. The summed E-state index contributed by atoms with van der Waals surface area (Å²) in [4.78, 5) is 16.1. The van der Waals surface area contributed by atoms with E-state index >= 15 is 0 Å². The zero-order chi connectivity index (χ0) is 25.0. The number of hydrogen-bond donors (Lipinski definition) is 0. The van der Waals surface area contributed by atoms with Crippen LogP contribution in [-0.4, -0.2) is 38.3 Å². The van der Waals surface area contributed by atoms with E-state index in [1.807, 2.05) is 0 Å². The van der Waals surface area contributed by atoms with Gasteiger partial charge in [0.1, 0.15) is 17.9 Å². The molecule has 0 amide bonds. The number of halogens is 8. The van der Waals surface area contributed by atoms with Gasteiger partial charge in [-0.3, -0.25) is 13.9 Å². The normalized spacial score (nSPS) is 15.0. The number of ether oxygens (including phenoxy) is 1. The summed E-state index contributed by atoms with van der Waals surface area (Å²) in [5.41, 5.74) is -5.69. The minimum absolute atomic E-state index is 0.0462. The number of aromatic nitrogens is 4. The van der Waals surface area contributed by atoms with E-state index < -0.39 is 65.6 Å². The molecule has 0 saturated heterocycles. The van der Waals surface area contributed by atoms with Crippen LogP contribution < -0.4 is 10.3 Å². The number of pyridine rings is 1. The highest BCUT2D eigenvalue weighted by Crippen LogP contribution is 2.37. The number of alkyl halides is 8. The fourth-order valence-corrected chi connectivity index (χ4v) is 2.52. The molecule has 3 aromatic heterocycles. The molecule has 0 saturated carbocycles. The molecule has 14 heteroatoms. The molecule has 3 heterocycles. The lowest BCUT2D eigenvalue weighted by atomic mass is 10.1. The largest absolute Gasteiger partial charge is 0.497 e. The molecule has 0 bridgehead atoms. The second-order valence-corrected chi connectivity index (χ2v) is 5.96. The number of fused-ring (bicyclic) bond motifs is 1. The molecule has 0 fully saturated rings. The van der Waals surface area contributed by atoms with E-state index in [2.05, 4.69) is 14.8 Å². The second kappa shape index (κ2) is 6.95. The summed E-state index contributed by atoms with van der Waals surface area (Å²) in [5, 5.41) is 3.20. The van der Waals surface area contributed by atoms with Crippen LogP contribution in [0.2, 0.25) is 0 Å². The predicted octanol–water partition coefficient (Wildman–Crippen LogP) is 3.78. The number of nitrogens with zero attached hydrogens (tertiary/aromatic N) is 4. The summed E-state index contributed by atoms with van der Waals surface area (Å²) in [7, 11) is -2.95. The topological polar surface area (TPSA) is 61.4 Å². The third-order valence-electron chi connectivity index (χ3n) is 3.89. The third-order valence-corrected chi connectivity index (χ3v) is 3.89.